The molecule has 23 heavy (non-hydrogen) atoms. The summed E-state index contributed by atoms with van der Waals surface area (Å²) in [6.07, 6.45) is 2.00. The maximum absolute atomic E-state index is 5.61. The lowest BCUT2D eigenvalue weighted by atomic mass is 9.89. The Labute approximate surface area is 136 Å². The van der Waals surface area contributed by atoms with E-state index in [0.717, 1.165) is 24.6 Å². The summed E-state index contributed by atoms with van der Waals surface area (Å²) in [6.45, 7) is 6.89. The van der Waals surface area contributed by atoms with Crippen LogP contribution in [0.5, 0.6) is 11.5 Å². The Morgan fingerprint density at radius 3 is 1.87 bits per heavy atom. The highest BCUT2D eigenvalue weighted by Gasteiger charge is 2.17. The minimum absolute atomic E-state index is 0.162. The van der Waals surface area contributed by atoms with Gasteiger partial charge < -0.3 is 9.47 Å². The van der Waals surface area contributed by atoms with Crippen molar-refractivity contribution in [3.8, 4) is 11.5 Å². The van der Waals surface area contributed by atoms with Gasteiger partial charge in [-0.15, -0.1) is 6.58 Å². The summed E-state index contributed by atoms with van der Waals surface area (Å²) in [4.78, 5) is 0. The summed E-state index contributed by atoms with van der Waals surface area (Å²) in [6, 6.07) is 12.8. The third-order valence-electron chi connectivity index (χ3n) is 4.41. The van der Waals surface area contributed by atoms with Gasteiger partial charge in [0.05, 0.1) is 0 Å². The first-order valence-corrected chi connectivity index (χ1v) is 7.90. The third-order valence-corrected chi connectivity index (χ3v) is 4.41. The molecule has 2 aliphatic heterocycles. The molecule has 0 saturated heterocycles. The Hall–Kier alpha value is -2.30. The zero-order valence-corrected chi connectivity index (χ0v) is 13.0. The van der Waals surface area contributed by atoms with Gasteiger partial charge in [0.25, 0.3) is 0 Å². The second-order valence-corrected chi connectivity index (χ2v) is 5.88. The quantitative estimate of drug-likeness (QED) is 0.856. The predicted octanol–water partition coefficient (Wildman–Crippen LogP) is 2.88. The summed E-state index contributed by atoms with van der Waals surface area (Å²) >= 11 is 0. The smallest absolute Gasteiger partial charge is 0.139 e. The first-order valence-electron chi connectivity index (χ1n) is 7.90. The van der Waals surface area contributed by atoms with E-state index in [1.165, 1.54) is 22.3 Å². The first kappa shape index (κ1) is 14.3. The molecule has 0 unspecified atom stereocenters. The lowest BCUT2D eigenvalue weighted by Gasteiger charge is -2.23. The molecule has 0 amide bonds. The van der Waals surface area contributed by atoms with E-state index in [1.807, 2.05) is 6.08 Å². The number of allylic oxidation sites excluding steroid dienone is 1. The van der Waals surface area contributed by atoms with E-state index < -0.39 is 0 Å². The lowest BCUT2D eigenvalue weighted by Crippen LogP contribution is -2.25. The van der Waals surface area contributed by atoms with Crippen LogP contribution in [0.2, 0.25) is 0 Å². The van der Waals surface area contributed by atoms with Gasteiger partial charge in [-0.05, 0) is 35.4 Å². The van der Waals surface area contributed by atoms with Gasteiger partial charge in [-0.1, -0.05) is 18.2 Å². The highest BCUT2D eigenvalue weighted by atomic mass is 16.5. The van der Waals surface area contributed by atoms with Crippen LogP contribution in [0.4, 0.5) is 0 Å². The highest BCUT2D eigenvalue weighted by molar-refractivity contribution is 5.47. The maximum Gasteiger partial charge on any atom is 0.139 e. The molecule has 0 saturated carbocycles. The lowest BCUT2D eigenvalue weighted by molar-refractivity contribution is 0.257. The summed E-state index contributed by atoms with van der Waals surface area (Å²) in [7, 11) is 0. The SMILES string of the molecule is C=CC(c1ccc2c(c1)CNCO2)c1ccc2c(c1)CNCO2. The summed E-state index contributed by atoms with van der Waals surface area (Å²) < 4.78 is 11.2. The molecule has 0 spiro atoms. The van der Waals surface area contributed by atoms with Crippen molar-refractivity contribution in [2.45, 2.75) is 19.0 Å². The van der Waals surface area contributed by atoms with Gasteiger partial charge in [-0.2, -0.15) is 0 Å². The zero-order valence-electron chi connectivity index (χ0n) is 13.0. The van der Waals surface area contributed by atoms with Crippen molar-refractivity contribution in [2.75, 3.05) is 13.5 Å². The molecule has 2 heterocycles. The average molecular weight is 308 g/mol. The molecule has 0 aromatic heterocycles. The van der Waals surface area contributed by atoms with Crippen molar-refractivity contribution in [3.05, 3.63) is 71.3 Å². The number of benzene rings is 2. The van der Waals surface area contributed by atoms with Gasteiger partial charge in [0.1, 0.15) is 25.0 Å². The van der Waals surface area contributed by atoms with Crippen molar-refractivity contribution in [3.63, 3.8) is 0 Å². The van der Waals surface area contributed by atoms with E-state index in [4.69, 9.17) is 9.47 Å². The Morgan fingerprint density at radius 1 is 0.870 bits per heavy atom. The highest BCUT2D eigenvalue weighted by Crippen LogP contribution is 2.33. The van der Waals surface area contributed by atoms with Crippen LogP contribution in [0.25, 0.3) is 0 Å². The fourth-order valence-corrected chi connectivity index (χ4v) is 3.24. The largest absolute Gasteiger partial charge is 0.478 e. The Kier molecular flexibility index (Phi) is 3.77. The van der Waals surface area contributed by atoms with Gasteiger partial charge in [0, 0.05) is 30.1 Å². The Bertz CT molecular complexity index is 683. The normalized spacial score (nSPS) is 16.0. The Balaban J connectivity index is 1.69. The minimum Gasteiger partial charge on any atom is -0.478 e. The number of rotatable bonds is 3. The number of ether oxygens (including phenoxy) is 2. The molecule has 0 atom stereocenters. The first-order chi connectivity index (χ1) is 11.3. The van der Waals surface area contributed by atoms with Gasteiger partial charge in [-0.3, -0.25) is 10.6 Å². The summed E-state index contributed by atoms with van der Waals surface area (Å²) in [5, 5.41) is 6.47. The second kappa shape index (κ2) is 6.07. The molecule has 0 fully saturated rings. The molecule has 0 bridgehead atoms. The second-order valence-electron chi connectivity index (χ2n) is 5.88. The molecule has 2 N–H and O–H groups in total. The minimum atomic E-state index is 0.162. The molecular weight excluding hydrogens is 288 g/mol. The molecule has 0 aliphatic carbocycles. The summed E-state index contributed by atoms with van der Waals surface area (Å²) in [5.74, 6) is 2.10. The molecule has 118 valence electrons. The van der Waals surface area contributed by atoms with Crippen molar-refractivity contribution in [1.29, 1.82) is 0 Å². The van der Waals surface area contributed by atoms with Gasteiger partial charge >= 0.3 is 0 Å². The standard InChI is InChI=1S/C19H20N2O2/c1-2-17(13-3-5-18-15(7-13)9-20-11-22-18)14-4-6-19-16(8-14)10-21-12-23-19/h2-8,17,20-21H,1,9-12H2. The van der Waals surface area contributed by atoms with Crippen LogP contribution in [0, 0.1) is 0 Å². The molecule has 2 aromatic rings. The van der Waals surface area contributed by atoms with Gasteiger partial charge in [0.15, 0.2) is 0 Å². The monoisotopic (exact) mass is 308 g/mol. The molecule has 4 rings (SSSR count). The van der Waals surface area contributed by atoms with Gasteiger partial charge in [0.2, 0.25) is 0 Å². The molecule has 4 heteroatoms. The van der Waals surface area contributed by atoms with Crippen LogP contribution in [0.15, 0.2) is 49.1 Å². The van der Waals surface area contributed by atoms with Crippen LogP contribution in [-0.2, 0) is 13.1 Å². The van der Waals surface area contributed by atoms with Crippen molar-refractivity contribution < 1.29 is 9.47 Å². The van der Waals surface area contributed by atoms with E-state index in [2.05, 4.69) is 53.6 Å². The van der Waals surface area contributed by atoms with Gasteiger partial charge in [-0.25, -0.2) is 0 Å². The number of nitrogens with one attached hydrogen (secondary N) is 2. The molecule has 4 nitrogen and oxygen atoms in total. The van der Waals surface area contributed by atoms with E-state index >= 15 is 0 Å². The predicted molar refractivity (Wildman–Crippen MR) is 89.6 cm³/mol. The number of fused-ring (bicyclic) bond motifs is 2. The maximum atomic E-state index is 5.61. The fourth-order valence-electron chi connectivity index (χ4n) is 3.24. The van der Waals surface area contributed by atoms with Crippen LogP contribution in [0.1, 0.15) is 28.2 Å². The van der Waals surface area contributed by atoms with E-state index in [1.54, 1.807) is 0 Å². The van der Waals surface area contributed by atoms with E-state index in [9.17, 15) is 0 Å². The van der Waals surface area contributed by atoms with E-state index in [-0.39, 0.29) is 5.92 Å². The zero-order chi connectivity index (χ0) is 15.6. The fraction of sp³-hybridized carbons (Fsp3) is 0.263. The topological polar surface area (TPSA) is 42.5 Å². The van der Waals surface area contributed by atoms with Crippen molar-refractivity contribution in [2.24, 2.45) is 0 Å². The Morgan fingerprint density at radius 2 is 1.39 bits per heavy atom. The third kappa shape index (κ3) is 2.71. The van der Waals surface area contributed by atoms with Crippen molar-refractivity contribution >= 4 is 0 Å². The van der Waals surface area contributed by atoms with Crippen LogP contribution < -0.4 is 20.1 Å². The van der Waals surface area contributed by atoms with Crippen LogP contribution in [-0.4, -0.2) is 13.5 Å². The summed E-state index contributed by atoms with van der Waals surface area (Å²) in [5.41, 5.74) is 4.86. The average Bonchev–Trinajstić information content (AvgIpc) is 2.62. The molecular formula is C19H20N2O2. The number of hydrogen-bond donors (Lipinski definition) is 2. The van der Waals surface area contributed by atoms with Crippen LogP contribution >= 0.6 is 0 Å². The van der Waals surface area contributed by atoms with E-state index in [0.29, 0.717) is 13.5 Å². The number of hydrogen-bond acceptors (Lipinski definition) is 4. The van der Waals surface area contributed by atoms with Crippen molar-refractivity contribution in [1.82, 2.24) is 10.6 Å². The molecule has 2 aromatic carbocycles. The van der Waals surface area contributed by atoms with Crippen LogP contribution in [0.3, 0.4) is 0 Å². The molecule has 0 radical (unpaired) electrons. The molecule has 2 aliphatic rings.